The van der Waals surface area contributed by atoms with Gasteiger partial charge >= 0.3 is 0 Å². The molecule has 0 radical (unpaired) electrons. The maximum absolute atomic E-state index is 5.10. The molecule has 0 aromatic heterocycles. The lowest BCUT2D eigenvalue weighted by Crippen LogP contribution is -2.04. The monoisotopic (exact) mass is 218 g/mol. The van der Waals surface area contributed by atoms with Gasteiger partial charge in [-0.1, -0.05) is 24.4 Å². The third kappa shape index (κ3) is 12.1. The highest BCUT2D eigenvalue weighted by atomic mass is 33.1. The summed E-state index contributed by atoms with van der Waals surface area (Å²) in [4.78, 5) is 0. The lowest BCUT2D eigenvalue weighted by atomic mass is 11.5. The fourth-order valence-corrected chi connectivity index (χ4v) is 1.35. The highest BCUT2D eigenvalue weighted by Crippen LogP contribution is 2.20. The van der Waals surface area contributed by atoms with Crippen molar-refractivity contribution in [2.45, 2.75) is 0 Å². The fourth-order valence-electron chi connectivity index (χ4n) is 0.0821. The van der Waals surface area contributed by atoms with Crippen molar-refractivity contribution in [2.24, 2.45) is 11.5 Å². The van der Waals surface area contributed by atoms with Crippen LogP contribution in [-0.4, -0.2) is 8.64 Å². The molecule has 0 unspecified atom stereocenters. The van der Waals surface area contributed by atoms with Crippen LogP contribution in [-0.2, 0) is 0 Å². The van der Waals surface area contributed by atoms with Gasteiger partial charge in [0.15, 0.2) is 0 Å². The Balaban J connectivity index is 0. The van der Waals surface area contributed by atoms with E-state index in [4.69, 9.17) is 11.5 Å². The van der Waals surface area contributed by atoms with Crippen LogP contribution < -0.4 is 11.5 Å². The van der Waals surface area contributed by atoms with Gasteiger partial charge in [0.05, 0.1) is 0 Å². The second kappa shape index (κ2) is 6.94. The lowest BCUT2D eigenvalue weighted by molar-refractivity contribution is 1.90. The van der Waals surface area contributed by atoms with Gasteiger partial charge in [-0.15, -0.1) is 0 Å². The smallest absolute Gasteiger partial charge is 0.142 e. The van der Waals surface area contributed by atoms with Gasteiger partial charge in [0.1, 0.15) is 8.64 Å². The Bertz CT molecular complexity index is 97.5. The van der Waals surface area contributed by atoms with E-state index in [0.717, 1.165) is 0 Å². The average molecular weight is 218 g/mol. The SMILES string of the molecule is NC(=S)SSC(N)=S.S. The summed E-state index contributed by atoms with van der Waals surface area (Å²) < 4.78 is 0.700. The third-order valence-corrected chi connectivity index (χ3v) is 3.08. The number of hydrogen-bond acceptors (Lipinski definition) is 4. The molecule has 0 atom stereocenters. The fraction of sp³-hybridized carbons (Fsp3) is 0. The van der Waals surface area contributed by atoms with Crippen molar-refractivity contribution in [3.63, 3.8) is 0 Å². The van der Waals surface area contributed by atoms with Crippen molar-refractivity contribution in [3.8, 4) is 0 Å². The molecule has 7 heteroatoms. The normalized spacial score (nSPS) is 7.56. The number of rotatable bonds is 0. The van der Waals surface area contributed by atoms with Crippen molar-refractivity contribution >= 4 is 68.2 Å². The Morgan fingerprint density at radius 1 is 1.00 bits per heavy atom. The molecule has 0 spiro atoms. The first-order chi connectivity index (χ1) is 3.63. The van der Waals surface area contributed by atoms with Crippen LogP contribution in [0.2, 0.25) is 0 Å². The molecule has 54 valence electrons. The third-order valence-electron chi connectivity index (χ3n) is 0.206. The summed E-state index contributed by atoms with van der Waals surface area (Å²) >= 11 is 9.04. The van der Waals surface area contributed by atoms with Crippen molar-refractivity contribution in [1.82, 2.24) is 0 Å². The van der Waals surface area contributed by atoms with Gasteiger partial charge in [-0.05, 0) is 21.6 Å². The van der Waals surface area contributed by atoms with E-state index in [1.165, 1.54) is 21.6 Å². The molecule has 0 fully saturated rings. The van der Waals surface area contributed by atoms with Crippen molar-refractivity contribution in [1.29, 1.82) is 0 Å². The maximum atomic E-state index is 5.10. The maximum Gasteiger partial charge on any atom is 0.142 e. The molecule has 0 aliphatic rings. The first-order valence-corrected chi connectivity index (χ1v) is 4.53. The van der Waals surface area contributed by atoms with Crippen LogP contribution in [0.4, 0.5) is 0 Å². The summed E-state index contributed by atoms with van der Waals surface area (Å²) in [6, 6.07) is 0. The van der Waals surface area contributed by atoms with Crippen LogP contribution >= 0.6 is 59.5 Å². The van der Waals surface area contributed by atoms with Crippen molar-refractivity contribution in [2.75, 3.05) is 0 Å². The molecule has 0 aromatic carbocycles. The van der Waals surface area contributed by atoms with Crippen LogP contribution in [0, 0.1) is 0 Å². The van der Waals surface area contributed by atoms with Crippen LogP contribution in [0.5, 0.6) is 0 Å². The highest BCUT2D eigenvalue weighted by Gasteiger charge is 1.91. The van der Waals surface area contributed by atoms with E-state index < -0.39 is 0 Å². The van der Waals surface area contributed by atoms with Crippen molar-refractivity contribution in [3.05, 3.63) is 0 Å². The molecule has 9 heavy (non-hydrogen) atoms. The second-order valence-corrected chi connectivity index (χ2v) is 4.41. The summed E-state index contributed by atoms with van der Waals surface area (Å²) in [6.07, 6.45) is 0. The van der Waals surface area contributed by atoms with Crippen LogP contribution in [0.25, 0.3) is 0 Å². The van der Waals surface area contributed by atoms with E-state index in [1.54, 1.807) is 0 Å². The minimum absolute atomic E-state index is 0. The molecule has 2 nitrogen and oxygen atoms in total. The molecule has 0 saturated heterocycles. The van der Waals surface area contributed by atoms with E-state index in [2.05, 4.69) is 24.4 Å². The van der Waals surface area contributed by atoms with E-state index in [1.807, 2.05) is 0 Å². The topological polar surface area (TPSA) is 52.0 Å². The van der Waals surface area contributed by atoms with Gasteiger partial charge in [0.25, 0.3) is 0 Å². The van der Waals surface area contributed by atoms with Gasteiger partial charge in [-0.3, -0.25) is 0 Å². The summed E-state index contributed by atoms with van der Waals surface area (Å²) in [7, 11) is 2.40. The number of hydrogen-bond donors (Lipinski definition) is 2. The Morgan fingerprint density at radius 3 is 1.33 bits per heavy atom. The summed E-state index contributed by atoms with van der Waals surface area (Å²) in [6.45, 7) is 0. The summed E-state index contributed by atoms with van der Waals surface area (Å²) in [5.74, 6) is 0. The average Bonchev–Trinajstić information content (AvgIpc) is 1.61. The molecule has 0 heterocycles. The molecule has 0 aliphatic carbocycles. The van der Waals surface area contributed by atoms with Gasteiger partial charge in [-0.25, -0.2) is 0 Å². The van der Waals surface area contributed by atoms with E-state index in [9.17, 15) is 0 Å². The molecule has 0 amide bonds. The zero-order valence-electron chi connectivity index (χ0n) is 4.29. The molecular formula is C2H6N2S5. The van der Waals surface area contributed by atoms with Gasteiger partial charge in [0, 0.05) is 0 Å². The Morgan fingerprint density at radius 2 is 1.22 bits per heavy atom. The number of thiocarbonyl (C=S) groups is 2. The van der Waals surface area contributed by atoms with Gasteiger partial charge < -0.3 is 11.5 Å². The summed E-state index contributed by atoms with van der Waals surface area (Å²) in [5, 5.41) is 0. The van der Waals surface area contributed by atoms with Crippen LogP contribution in [0.3, 0.4) is 0 Å². The molecule has 0 rings (SSSR count). The molecule has 0 aromatic rings. The second-order valence-electron chi connectivity index (χ2n) is 0.805. The predicted molar refractivity (Wildman–Crippen MR) is 59.1 cm³/mol. The van der Waals surface area contributed by atoms with Gasteiger partial charge in [0.2, 0.25) is 0 Å². The zero-order valence-corrected chi connectivity index (χ0v) is 8.55. The van der Waals surface area contributed by atoms with E-state index in [-0.39, 0.29) is 13.5 Å². The van der Waals surface area contributed by atoms with Gasteiger partial charge in [-0.2, -0.15) is 13.5 Å². The summed E-state index contributed by atoms with van der Waals surface area (Å²) in [5.41, 5.74) is 10.2. The minimum atomic E-state index is 0. The first kappa shape index (κ1) is 12.5. The highest BCUT2D eigenvalue weighted by molar-refractivity contribution is 8.89. The first-order valence-electron chi connectivity index (χ1n) is 1.56. The Kier molecular flexibility index (Phi) is 9.64. The minimum Gasteiger partial charge on any atom is -0.384 e. The Labute approximate surface area is 79.3 Å². The quantitative estimate of drug-likeness (QED) is 0.467. The lowest BCUT2D eigenvalue weighted by Gasteiger charge is -1.91. The van der Waals surface area contributed by atoms with Crippen LogP contribution in [0.1, 0.15) is 0 Å². The van der Waals surface area contributed by atoms with E-state index in [0.29, 0.717) is 8.64 Å². The predicted octanol–water partition coefficient (Wildman–Crippen LogP) is 0.968. The molecule has 0 aliphatic heterocycles. The molecule has 0 bridgehead atoms. The standard InChI is InChI=1S/C2H4N2S4.H2S/c3-1(5)7-8-2(4)6;/h(H2,3,5)(H2,4,6);1H2. The largest absolute Gasteiger partial charge is 0.384 e. The molecular weight excluding hydrogens is 212 g/mol. The molecule has 0 saturated carbocycles. The van der Waals surface area contributed by atoms with E-state index >= 15 is 0 Å². The number of nitrogens with two attached hydrogens (primary N) is 2. The van der Waals surface area contributed by atoms with Crippen molar-refractivity contribution < 1.29 is 0 Å². The Hall–Kier alpha value is 0.830. The molecule has 4 N–H and O–H groups in total. The van der Waals surface area contributed by atoms with Crippen LogP contribution in [0.15, 0.2) is 0 Å². The zero-order chi connectivity index (χ0) is 6.57.